The third-order valence-corrected chi connectivity index (χ3v) is 4.94. The first kappa shape index (κ1) is 17.3. The van der Waals surface area contributed by atoms with Gasteiger partial charge in [0.15, 0.2) is 10.9 Å². The summed E-state index contributed by atoms with van der Waals surface area (Å²) in [5.74, 6) is 0.309. The van der Waals surface area contributed by atoms with Crippen LogP contribution in [-0.4, -0.2) is 30.6 Å². The number of halogens is 1. The molecule has 7 nitrogen and oxygen atoms in total. The Morgan fingerprint density at radius 3 is 2.67 bits per heavy atom. The molecule has 1 amide bonds. The summed E-state index contributed by atoms with van der Waals surface area (Å²) in [7, 11) is 0. The molecule has 0 saturated carbocycles. The number of pyridine rings is 1. The summed E-state index contributed by atoms with van der Waals surface area (Å²) < 4.78 is 1.52. The summed E-state index contributed by atoms with van der Waals surface area (Å²) in [6, 6.07) is 10.8. The topological polar surface area (TPSA) is 85.6 Å². The number of nitrogens with one attached hydrogen (secondary N) is 1. The van der Waals surface area contributed by atoms with E-state index in [1.165, 1.54) is 28.5 Å². The highest BCUT2D eigenvalue weighted by Crippen LogP contribution is 2.31. The molecule has 3 aromatic heterocycles. The van der Waals surface area contributed by atoms with Crippen LogP contribution in [0.2, 0.25) is 5.02 Å². The Bertz CT molecular complexity index is 1070. The van der Waals surface area contributed by atoms with Crippen LogP contribution in [0.25, 0.3) is 17.1 Å². The quantitative estimate of drug-likeness (QED) is 0.563. The van der Waals surface area contributed by atoms with Crippen molar-refractivity contribution in [3.8, 4) is 17.1 Å². The number of amides is 1. The van der Waals surface area contributed by atoms with Crippen molar-refractivity contribution in [1.82, 2.24) is 24.7 Å². The minimum atomic E-state index is -0.274. The second-order valence-electron chi connectivity index (χ2n) is 5.63. The Labute approximate surface area is 163 Å². The Balaban J connectivity index is 1.51. The van der Waals surface area contributed by atoms with Gasteiger partial charge in [-0.2, -0.15) is 5.10 Å². The second-order valence-corrected chi connectivity index (χ2v) is 7.27. The summed E-state index contributed by atoms with van der Waals surface area (Å²) in [6.07, 6.45) is 4.46. The van der Waals surface area contributed by atoms with Gasteiger partial charge in [0.1, 0.15) is 12.7 Å². The van der Waals surface area contributed by atoms with Crippen molar-refractivity contribution in [2.75, 3.05) is 5.32 Å². The molecular formula is C18H13ClN6OS. The van der Waals surface area contributed by atoms with Gasteiger partial charge in [-0.05, 0) is 31.2 Å². The van der Waals surface area contributed by atoms with Gasteiger partial charge in [-0.3, -0.25) is 10.1 Å². The van der Waals surface area contributed by atoms with Gasteiger partial charge in [-0.25, -0.2) is 19.6 Å². The number of nitrogens with zero attached hydrogens (tertiary/aromatic N) is 5. The van der Waals surface area contributed by atoms with Crippen LogP contribution in [0.5, 0.6) is 0 Å². The van der Waals surface area contributed by atoms with E-state index in [-0.39, 0.29) is 5.91 Å². The Morgan fingerprint density at radius 1 is 1.19 bits per heavy atom. The van der Waals surface area contributed by atoms with Gasteiger partial charge in [-0.1, -0.05) is 23.7 Å². The first-order valence-corrected chi connectivity index (χ1v) is 9.15. The third kappa shape index (κ3) is 3.71. The second kappa shape index (κ2) is 7.26. The molecule has 0 aliphatic carbocycles. The summed E-state index contributed by atoms with van der Waals surface area (Å²) in [4.78, 5) is 26.1. The number of benzene rings is 1. The third-order valence-electron chi connectivity index (χ3n) is 3.80. The Hall–Kier alpha value is -3.10. The zero-order chi connectivity index (χ0) is 18.8. The molecule has 0 unspecified atom stereocenters. The number of carbonyl (C=O) groups excluding carboxylic acids is 1. The van der Waals surface area contributed by atoms with Crippen LogP contribution in [0.3, 0.4) is 0 Å². The molecule has 0 bridgehead atoms. The zero-order valence-corrected chi connectivity index (χ0v) is 15.7. The summed E-state index contributed by atoms with van der Waals surface area (Å²) in [5, 5.41) is 8.02. The fourth-order valence-electron chi connectivity index (χ4n) is 2.48. The molecule has 4 rings (SSSR count). The minimum absolute atomic E-state index is 0.274. The smallest absolute Gasteiger partial charge is 0.259 e. The highest BCUT2D eigenvalue weighted by atomic mass is 35.5. The maximum Gasteiger partial charge on any atom is 0.259 e. The summed E-state index contributed by atoms with van der Waals surface area (Å²) >= 11 is 7.35. The van der Waals surface area contributed by atoms with Crippen molar-refractivity contribution in [3.63, 3.8) is 0 Å². The monoisotopic (exact) mass is 396 g/mol. The summed E-state index contributed by atoms with van der Waals surface area (Å²) in [5.41, 5.74) is 2.21. The molecule has 0 saturated heterocycles. The van der Waals surface area contributed by atoms with Crippen molar-refractivity contribution in [3.05, 3.63) is 70.7 Å². The number of aryl methyl sites for hydroxylation is 1. The minimum Gasteiger partial charge on any atom is -0.298 e. The van der Waals surface area contributed by atoms with E-state index in [2.05, 4.69) is 25.4 Å². The Morgan fingerprint density at radius 2 is 2.00 bits per heavy atom. The SMILES string of the molecule is Cc1sc(NC(=O)c2ccc(-n3cncn3)nc2)nc1-c1ccc(Cl)cc1. The molecule has 0 atom stereocenters. The molecule has 27 heavy (non-hydrogen) atoms. The number of hydrogen-bond acceptors (Lipinski definition) is 6. The lowest BCUT2D eigenvalue weighted by atomic mass is 10.1. The van der Waals surface area contributed by atoms with E-state index in [1.807, 2.05) is 31.2 Å². The lowest BCUT2D eigenvalue weighted by Crippen LogP contribution is -2.12. The molecule has 9 heteroatoms. The highest BCUT2D eigenvalue weighted by Gasteiger charge is 2.14. The van der Waals surface area contributed by atoms with Gasteiger partial charge in [0.05, 0.1) is 11.3 Å². The van der Waals surface area contributed by atoms with Crippen molar-refractivity contribution in [2.45, 2.75) is 6.92 Å². The maximum absolute atomic E-state index is 12.5. The molecule has 134 valence electrons. The van der Waals surface area contributed by atoms with Gasteiger partial charge in [0, 0.05) is 21.7 Å². The lowest BCUT2D eigenvalue weighted by molar-refractivity contribution is 0.102. The van der Waals surface area contributed by atoms with Crippen LogP contribution in [0, 0.1) is 6.92 Å². The van der Waals surface area contributed by atoms with Gasteiger partial charge in [0.25, 0.3) is 5.91 Å². The van der Waals surface area contributed by atoms with E-state index in [1.54, 1.807) is 18.5 Å². The average Bonchev–Trinajstić information content (AvgIpc) is 3.33. The highest BCUT2D eigenvalue weighted by molar-refractivity contribution is 7.16. The van der Waals surface area contributed by atoms with E-state index < -0.39 is 0 Å². The predicted octanol–water partition coefficient (Wildman–Crippen LogP) is 4.00. The number of rotatable bonds is 4. The molecule has 0 radical (unpaired) electrons. The van der Waals surface area contributed by atoms with E-state index >= 15 is 0 Å². The molecule has 1 N–H and O–H groups in total. The average molecular weight is 397 g/mol. The van der Waals surface area contributed by atoms with Crippen molar-refractivity contribution < 1.29 is 4.79 Å². The zero-order valence-electron chi connectivity index (χ0n) is 14.1. The number of aromatic nitrogens is 5. The molecule has 1 aromatic carbocycles. The van der Waals surface area contributed by atoms with Crippen molar-refractivity contribution >= 4 is 34.0 Å². The molecule has 0 aliphatic heterocycles. The molecule has 0 fully saturated rings. The number of hydrogen-bond donors (Lipinski definition) is 1. The van der Waals surface area contributed by atoms with Crippen molar-refractivity contribution in [1.29, 1.82) is 0 Å². The van der Waals surface area contributed by atoms with Crippen LogP contribution in [0.15, 0.2) is 55.2 Å². The molecule has 4 aromatic rings. The Kier molecular flexibility index (Phi) is 4.66. The van der Waals surface area contributed by atoms with Crippen LogP contribution in [-0.2, 0) is 0 Å². The lowest BCUT2D eigenvalue weighted by Gasteiger charge is -2.03. The van der Waals surface area contributed by atoms with Crippen LogP contribution >= 0.6 is 22.9 Å². The standard InChI is InChI=1S/C18H13ClN6OS/c1-11-16(12-2-5-14(19)6-3-12)23-18(27-11)24-17(26)13-4-7-15(21-8-13)25-10-20-9-22-25/h2-10H,1H3,(H,23,24,26). The van der Waals surface area contributed by atoms with Crippen molar-refractivity contribution in [2.24, 2.45) is 0 Å². The fourth-order valence-corrected chi connectivity index (χ4v) is 3.43. The maximum atomic E-state index is 12.5. The van der Waals surface area contributed by atoms with Gasteiger partial charge in [0.2, 0.25) is 0 Å². The summed E-state index contributed by atoms with van der Waals surface area (Å²) in [6.45, 7) is 1.96. The van der Waals surface area contributed by atoms with E-state index in [0.717, 1.165) is 16.1 Å². The molecule has 3 heterocycles. The van der Waals surface area contributed by atoms with E-state index in [0.29, 0.717) is 21.5 Å². The number of thiazole rings is 1. The normalized spacial score (nSPS) is 10.7. The van der Waals surface area contributed by atoms with Crippen LogP contribution in [0.4, 0.5) is 5.13 Å². The van der Waals surface area contributed by atoms with E-state index in [4.69, 9.17) is 11.6 Å². The van der Waals surface area contributed by atoms with Gasteiger partial charge in [-0.15, -0.1) is 11.3 Å². The molecule has 0 aliphatic rings. The predicted molar refractivity (Wildman–Crippen MR) is 104 cm³/mol. The largest absolute Gasteiger partial charge is 0.298 e. The van der Waals surface area contributed by atoms with Gasteiger partial charge < -0.3 is 0 Å². The van der Waals surface area contributed by atoms with E-state index in [9.17, 15) is 4.79 Å². The van der Waals surface area contributed by atoms with Crippen LogP contribution < -0.4 is 5.32 Å². The van der Waals surface area contributed by atoms with Crippen LogP contribution in [0.1, 0.15) is 15.2 Å². The molecule has 0 spiro atoms. The first-order valence-electron chi connectivity index (χ1n) is 7.96. The first-order chi connectivity index (χ1) is 13.1. The molecular weight excluding hydrogens is 384 g/mol. The number of carbonyl (C=O) groups is 1. The van der Waals surface area contributed by atoms with Gasteiger partial charge >= 0.3 is 0 Å². The fraction of sp³-hybridized carbons (Fsp3) is 0.0556. The number of anilines is 1.